The van der Waals surface area contributed by atoms with Gasteiger partial charge in [-0.15, -0.1) is 11.3 Å². The molecule has 12 heteroatoms. The molecule has 2 aliphatic heterocycles. The van der Waals surface area contributed by atoms with E-state index in [1.807, 2.05) is 39.2 Å². The molecule has 1 saturated carbocycles. The Kier molecular flexibility index (Phi) is 9.86. The number of fused-ring (bicyclic) bond motifs is 1. The number of urea groups is 1. The minimum Gasteiger partial charge on any atom is -0.465 e. The number of carbonyl (C=O) groups excluding carboxylic acids is 2. The molecular weight excluding hydrogens is 607 g/mol. The van der Waals surface area contributed by atoms with Crippen LogP contribution in [0.1, 0.15) is 50.0 Å². The molecule has 3 aromatic rings. The van der Waals surface area contributed by atoms with Gasteiger partial charge in [-0.3, -0.25) is 19.6 Å². The van der Waals surface area contributed by atoms with Crippen molar-refractivity contribution < 1.29 is 23.5 Å². The number of ether oxygens (including phenoxy) is 2. The van der Waals surface area contributed by atoms with E-state index in [2.05, 4.69) is 37.9 Å². The number of amides is 2. The van der Waals surface area contributed by atoms with Crippen molar-refractivity contribution >= 4 is 40.5 Å². The van der Waals surface area contributed by atoms with Crippen LogP contribution in [0.15, 0.2) is 48.7 Å². The van der Waals surface area contributed by atoms with Crippen LogP contribution in [0.5, 0.6) is 5.75 Å². The smallest absolute Gasteiger partial charge is 0.320 e. The lowest BCUT2D eigenvalue weighted by Crippen LogP contribution is -2.44. The predicted molar refractivity (Wildman–Crippen MR) is 178 cm³/mol. The van der Waals surface area contributed by atoms with E-state index in [4.69, 9.17) is 14.5 Å². The Morgan fingerprint density at radius 2 is 1.96 bits per heavy atom. The fourth-order valence-corrected chi connectivity index (χ4v) is 6.88. The number of carbonyl (C=O) groups is 2. The molecule has 1 aliphatic carbocycles. The number of pyridine rings is 1. The third kappa shape index (κ3) is 8.04. The first kappa shape index (κ1) is 32.0. The van der Waals surface area contributed by atoms with E-state index in [-0.39, 0.29) is 29.8 Å². The van der Waals surface area contributed by atoms with Gasteiger partial charge in [0.1, 0.15) is 5.76 Å². The molecule has 6 rings (SSSR count). The fourth-order valence-electron chi connectivity index (χ4n) is 5.82. The van der Waals surface area contributed by atoms with Crippen molar-refractivity contribution in [3.8, 4) is 16.3 Å². The lowest BCUT2D eigenvalue weighted by atomic mass is 10.0. The summed E-state index contributed by atoms with van der Waals surface area (Å²) in [6.07, 6.45) is 7.84. The Hall–Kier alpha value is -4.00. The number of rotatable bonds is 11. The highest BCUT2D eigenvalue weighted by atomic mass is 32.1. The van der Waals surface area contributed by atoms with Gasteiger partial charge in [-0.1, -0.05) is 6.07 Å². The number of anilines is 2. The largest absolute Gasteiger partial charge is 0.465 e. The number of hydrogen-bond donors (Lipinski definition) is 3. The molecule has 0 radical (unpaired) electrons. The number of aromatic nitrogens is 1. The number of benzene rings is 1. The molecule has 10 nitrogen and oxygen atoms in total. The minimum absolute atomic E-state index is 0.00973. The standard InChI is InChI=1S/C34H41FN6O4S/c1-4-44-32(42)20-40(3)25-11-13-41(14-12-25)19-22-5-9-27(36-18-22)31-17-28-33(46-31)30(15-21(2)37-28)45-29-10-8-24(16-26(29)35)39-34(43)38-23-6-7-23/h5,8-10,15-18,21,23,25,37H,4,6-7,11-14,19-20H2,1-3H3,(H2,38,39,43). The molecule has 46 heavy (non-hydrogen) atoms. The van der Waals surface area contributed by atoms with E-state index in [1.54, 1.807) is 17.4 Å². The number of piperidine rings is 1. The van der Waals surface area contributed by atoms with E-state index >= 15 is 4.39 Å². The van der Waals surface area contributed by atoms with Gasteiger partial charge in [0.25, 0.3) is 0 Å². The molecule has 3 N–H and O–H groups in total. The van der Waals surface area contributed by atoms with Gasteiger partial charge >= 0.3 is 12.0 Å². The Bertz CT molecular complexity index is 1580. The summed E-state index contributed by atoms with van der Waals surface area (Å²) in [7, 11) is 2.00. The van der Waals surface area contributed by atoms with Crippen LogP contribution in [-0.2, 0) is 16.1 Å². The van der Waals surface area contributed by atoms with Gasteiger partial charge in [-0.05, 0) is 95.6 Å². The monoisotopic (exact) mass is 648 g/mol. The van der Waals surface area contributed by atoms with Crippen LogP contribution in [0.3, 0.4) is 0 Å². The molecule has 0 bridgehead atoms. The van der Waals surface area contributed by atoms with Crippen LogP contribution in [0.4, 0.5) is 20.6 Å². The van der Waals surface area contributed by atoms with E-state index in [9.17, 15) is 9.59 Å². The molecule has 1 unspecified atom stereocenters. The molecule has 4 heterocycles. The maximum absolute atomic E-state index is 15.0. The maximum Gasteiger partial charge on any atom is 0.320 e. The molecule has 2 fully saturated rings. The molecule has 1 saturated heterocycles. The first-order chi connectivity index (χ1) is 22.2. The van der Waals surface area contributed by atoms with Gasteiger partial charge < -0.3 is 25.4 Å². The summed E-state index contributed by atoms with van der Waals surface area (Å²) in [6.45, 7) is 7.34. The Balaban J connectivity index is 1.06. The number of nitrogens with zero attached hydrogens (tertiary/aromatic N) is 3. The minimum atomic E-state index is -0.556. The number of nitrogens with one attached hydrogen (secondary N) is 3. The molecule has 2 aromatic heterocycles. The zero-order chi connectivity index (χ0) is 32.2. The van der Waals surface area contributed by atoms with Crippen LogP contribution in [-0.4, -0.2) is 78.2 Å². The maximum atomic E-state index is 15.0. The lowest BCUT2D eigenvalue weighted by molar-refractivity contribution is -0.144. The number of likely N-dealkylation sites (tertiary alicyclic amines) is 1. The fraction of sp³-hybridized carbons (Fsp3) is 0.441. The second-order valence-corrected chi connectivity index (χ2v) is 13.3. The average Bonchev–Trinajstić information content (AvgIpc) is 3.73. The van der Waals surface area contributed by atoms with E-state index < -0.39 is 5.82 Å². The van der Waals surface area contributed by atoms with Gasteiger partial charge in [0.2, 0.25) is 0 Å². The quantitative estimate of drug-likeness (QED) is 0.220. The van der Waals surface area contributed by atoms with Crippen molar-refractivity contribution in [2.75, 3.05) is 43.9 Å². The highest BCUT2D eigenvalue weighted by Gasteiger charge is 2.26. The van der Waals surface area contributed by atoms with Gasteiger partial charge in [0.05, 0.1) is 34.3 Å². The first-order valence-electron chi connectivity index (χ1n) is 15.9. The van der Waals surface area contributed by atoms with Gasteiger partial charge in [0.15, 0.2) is 11.6 Å². The lowest BCUT2D eigenvalue weighted by Gasteiger charge is -2.36. The summed E-state index contributed by atoms with van der Waals surface area (Å²) in [5, 5.41) is 8.97. The predicted octanol–water partition coefficient (Wildman–Crippen LogP) is 5.93. The number of likely N-dealkylation sites (N-methyl/N-ethyl adjacent to an activating group) is 1. The van der Waals surface area contributed by atoms with E-state index in [0.717, 1.165) is 72.0 Å². The summed E-state index contributed by atoms with van der Waals surface area (Å²) >= 11 is 1.54. The summed E-state index contributed by atoms with van der Waals surface area (Å²) in [5.74, 6) is -0.0540. The topological polar surface area (TPSA) is 108 Å². The van der Waals surface area contributed by atoms with Crippen LogP contribution in [0.2, 0.25) is 0 Å². The molecule has 1 atom stereocenters. The second kappa shape index (κ2) is 14.2. The number of hydrogen-bond acceptors (Lipinski definition) is 9. The van der Waals surface area contributed by atoms with Gasteiger partial charge in [-0.25, -0.2) is 9.18 Å². The zero-order valence-corrected chi connectivity index (χ0v) is 27.3. The number of halogens is 1. The SMILES string of the molecule is CCOC(=O)CN(C)C1CCN(Cc2ccc(-c3cc4c(s3)C(Oc3ccc(NC(=O)NC5CC5)cc3F)=CC(C)N4)nc2)CC1. The Morgan fingerprint density at radius 3 is 2.65 bits per heavy atom. The summed E-state index contributed by atoms with van der Waals surface area (Å²) < 4.78 is 26.2. The van der Waals surface area contributed by atoms with Crippen molar-refractivity contribution in [3.05, 3.63) is 64.9 Å². The summed E-state index contributed by atoms with van der Waals surface area (Å²) in [4.78, 5) is 35.1. The van der Waals surface area contributed by atoms with Crippen molar-refractivity contribution in [1.29, 1.82) is 0 Å². The molecule has 1 aromatic carbocycles. The van der Waals surface area contributed by atoms with Crippen LogP contribution in [0.25, 0.3) is 16.3 Å². The number of esters is 1. The van der Waals surface area contributed by atoms with Crippen molar-refractivity contribution in [3.63, 3.8) is 0 Å². The number of thiophene rings is 1. The first-order valence-corrected chi connectivity index (χ1v) is 16.8. The van der Waals surface area contributed by atoms with Gasteiger partial charge in [0, 0.05) is 42.6 Å². The molecule has 2 amide bonds. The highest BCUT2D eigenvalue weighted by Crippen LogP contribution is 2.42. The molecule has 244 valence electrons. The normalized spacial score (nSPS) is 18.4. The Morgan fingerprint density at radius 1 is 1.15 bits per heavy atom. The third-order valence-corrected chi connectivity index (χ3v) is 9.58. The van der Waals surface area contributed by atoms with Crippen LogP contribution < -0.4 is 20.7 Å². The van der Waals surface area contributed by atoms with Crippen LogP contribution >= 0.6 is 11.3 Å². The van der Waals surface area contributed by atoms with Crippen LogP contribution in [0, 0.1) is 5.82 Å². The van der Waals surface area contributed by atoms with Crippen molar-refractivity contribution in [2.45, 2.75) is 64.2 Å². The van der Waals surface area contributed by atoms with Crippen molar-refractivity contribution in [2.24, 2.45) is 0 Å². The highest BCUT2D eigenvalue weighted by molar-refractivity contribution is 7.17. The summed E-state index contributed by atoms with van der Waals surface area (Å²) in [5.41, 5.74) is 3.30. The van der Waals surface area contributed by atoms with E-state index in [0.29, 0.717) is 30.6 Å². The summed E-state index contributed by atoms with van der Waals surface area (Å²) in [6, 6.07) is 10.9. The molecule has 0 spiro atoms. The second-order valence-electron chi connectivity index (χ2n) is 12.2. The average molecular weight is 649 g/mol. The zero-order valence-electron chi connectivity index (χ0n) is 26.5. The third-order valence-electron chi connectivity index (χ3n) is 8.41. The Labute approximate surface area is 273 Å². The molecule has 3 aliphatic rings. The molecular formula is C34H41FN6O4S. The van der Waals surface area contributed by atoms with E-state index in [1.165, 1.54) is 12.1 Å². The van der Waals surface area contributed by atoms with Gasteiger partial charge in [-0.2, -0.15) is 0 Å². The van der Waals surface area contributed by atoms with Crippen molar-refractivity contribution in [1.82, 2.24) is 20.1 Å².